The number of allylic oxidation sites excluding steroid dienone is 1. The van der Waals surface area contributed by atoms with E-state index in [-0.39, 0.29) is 0 Å². The first-order valence-corrected chi connectivity index (χ1v) is 13.0. The number of ether oxygens (including phenoxy) is 1. The first-order chi connectivity index (χ1) is 18.0. The van der Waals surface area contributed by atoms with Gasteiger partial charge in [-0.15, -0.1) is 5.10 Å². The average Bonchev–Trinajstić information content (AvgIpc) is 3.51. The Hall–Kier alpha value is -3.47. The molecule has 196 valence electrons. The van der Waals surface area contributed by atoms with Gasteiger partial charge in [0.1, 0.15) is 11.4 Å². The minimum absolute atomic E-state index is 0.371. The third-order valence-corrected chi connectivity index (χ3v) is 6.86. The molecule has 3 N–H and O–H groups in total. The van der Waals surface area contributed by atoms with Crippen LogP contribution in [-0.2, 0) is 4.74 Å². The molecular formula is C27H37N9O. The van der Waals surface area contributed by atoms with Crippen molar-refractivity contribution in [3.05, 3.63) is 54.0 Å². The number of H-pyrrole nitrogens is 1. The number of aromatic nitrogens is 3. The van der Waals surface area contributed by atoms with Crippen molar-refractivity contribution in [2.75, 3.05) is 78.9 Å². The Labute approximate surface area is 218 Å². The summed E-state index contributed by atoms with van der Waals surface area (Å²) in [4.78, 5) is 15.2. The number of nitrogens with one attached hydrogen (secondary N) is 3. The highest BCUT2D eigenvalue weighted by Crippen LogP contribution is 2.32. The third-order valence-electron chi connectivity index (χ3n) is 6.86. The van der Waals surface area contributed by atoms with E-state index in [1.807, 2.05) is 61.3 Å². The van der Waals surface area contributed by atoms with Gasteiger partial charge in [-0.25, -0.2) is 9.51 Å². The molecule has 0 unspecified atom stereocenters. The summed E-state index contributed by atoms with van der Waals surface area (Å²) in [6.07, 6.45) is 6.60. The fraction of sp³-hybridized carbons (Fsp3) is 0.444. The van der Waals surface area contributed by atoms with Crippen LogP contribution in [0.2, 0.25) is 0 Å². The van der Waals surface area contributed by atoms with Gasteiger partial charge < -0.3 is 29.7 Å². The molecule has 1 aliphatic carbocycles. The van der Waals surface area contributed by atoms with Gasteiger partial charge in [-0.2, -0.15) is 0 Å². The van der Waals surface area contributed by atoms with E-state index in [1.165, 1.54) is 0 Å². The topological polar surface area (TPSA) is 100 Å². The quantitative estimate of drug-likeness (QED) is 0.368. The fourth-order valence-corrected chi connectivity index (χ4v) is 4.67. The highest BCUT2D eigenvalue weighted by Gasteiger charge is 2.25. The van der Waals surface area contributed by atoms with Crippen molar-refractivity contribution < 1.29 is 4.74 Å². The molecular weight excluding hydrogens is 466 g/mol. The second-order valence-electron chi connectivity index (χ2n) is 9.95. The Balaban J connectivity index is 1.36. The maximum absolute atomic E-state index is 8.86. The number of likely N-dealkylation sites (N-methyl/N-ethyl adjacent to an activating group) is 2. The van der Waals surface area contributed by atoms with Gasteiger partial charge in [0.2, 0.25) is 0 Å². The number of hydrogen-bond acceptors (Lipinski definition) is 8. The van der Waals surface area contributed by atoms with Crippen LogP contribution < -0.4 is 5.32 Å². The van der Waals surface area contributed by atoms with Crippen molar-refractivity contribution in [3.8, 4) is 0 Å². The molecule has 10 heteroatoms. The second-order valence-corrected chi connectivity index (χ2v) is 9.95. The summed E-state index contributed by atoms with van der Waals surface area (Å²) < 4.78 is 8.08. The summed E-state index contributed by atoms with van der Waals surface area (Å²) in [5.41, 5.74) is 4.19. The molecule has 0 atom stereocenters. The van der Waals surface area contributed by atoms with Gasteiger partial charge in [0.15, 0.2) is 5.82 Å². The maximum atomic E-state index is 8.86. The number of aliphatic imine (C=N–C) groups is 1. The molecule has 0 bridgehead atoms. The van der Waals surface area contributed by atoms with E-state index in [0.29, 0.717) is 23.8 Å². The lowest BCUT2D eigenvalue weighted by Crippen LogP contribution is -2.44. The number of hydrogen-bond donors (Lipinski definition) is 3. The standard InChI is InChI=1S/C27H37N9O/c1-33(2)13-10-30-27-26(22-7-4-5-12-36(22)32-27)31-21-19-23(25-20(24(21)28)8-9-29-25)37-18-6-11-35-16-14-34(3)15-17-35/h4-5,7-9,12,19,28-29H,6,10-11,13-18H2,1-3H3,(H,30,32)/b28-24?,31-21+. The molecule has 0 radical (unpaired) electrons. The summed E-state index contributed by atoms with van der Waals surface area (Å²) in [7, 11) is 6.26. The van der Waals surface area contributed by atoms with E-state index in [9.17, 15) is 0 Å². The van der Waals surface area contributed by atoms with Crippen LogP contribution in [-0.4, -0.2) is 114 Å². The number of pyridine rings is 1. The molecule has 1 saturated heterocycles. The fourth-order valence-electron chi connectivity index (χ4n) is 4.67. The molecule has 0 aromatic carbocycles. The average molecular weight is 504 g/mol. The van der Waals surface area contributed by atoms with Crippen molar-refractivity contribution in [2.45, 2.75) is 6.42 Å². The summed E-state index contributed by atoms with van der Waals surface area (Å²) in [5.74, 6) is 1.43. The van der Waals surface area contributed by atoms with Crippen LogP contribution in [0.4, 0.5) is 11.5 Å². The van der Waals surface area contributed by atoms with Crippen LogP contribution >= 0.6 is 0 Å². The Morgan fingerprint density at radius 2 is 2.03 bits per heavy atom. The van der Waals surface area contributed by atoms with Crippen molar-refractivity contribution in [1.29, 1.82) is 5.41 Å². The number of rotatable bonds is 10. The largest absolute Gasteiger partial charge is 0.491 e. The molecule has 0 amide bonds. The van der Waals surface area contributed by atoms with Gasteiger partial charge in [-0.1, -0.05) is 6.07 Å². The molecule has 0 saturated carbocycles. The molecule has 3 aromatic heterocycles. The van der Waals surface area contributed by atoms with E-state index in [4.69, 9.17) is 20.2 Å². The zero-order valence-electron chi connectivity index (χ0n) is 22.0. The van der Waals surface area contributed by atoms with Crippen molar-refractivity contribution in [1.82, 2.24) is 29.3 Å². The van der Waals surface area contributed by atoms with Crippen LogP contribution in [0.25, 0.3) is 11.3 Å². The molecule has 1 aliphatic heterocycles. The number of fused-ring (bicyclic) bond motifs is 2. The highest BCUT2D eigenvalue weighted by atomic mass is 16.5. The van der Waals surface area contributed by atoms with Crippen LogP contribution in [0.5, 0.6) is 0 Å². The molecule has 1 fully saturated rings. The van der Waals surface area contributed by atoms with Crippen molar-refractivity contribution in [3.63, 3.8) is 0 Å². The first-order valence-electron chi connectivity index (χ1n) is 13.0. The summed E-state index contributed by atoms with van der Waals surface area (Å²) in [6, 6.07) is 7.84. The SMILES string of the molecule is CN(C)CCNc1nn2ccccc2c1/N=C1\C=C(OCCCN2CCN(C)CC2)c2[nH]ccc2C1=N. The molecule has 10 nitrogen and oxygen atoms in total. The lowest BCUT2D eigenvalue weighted by molar-refractivity contribution is 0.142. The molecule has 0 spiro atoms. The minimum Gasteiger partial charge on any atom is -0.491 e. The summed E-state index contributed by atoms with van der Waals surface area (Å²) in [6.45, 7) is 7.72. The zero-order valence-corrected chi connectivity index (χ0v) is 22.0. The molecule has 37 heavy (non-hydrogen) atoms. The van der Waals surface area contributed by atoms with E-state index < -0.39 is 0 Å². The van der Waals surface area contributed by atoms with Gasteiger partial charge in [0.05, 0.1) is 29.2 Å². The predicted molar refractivity (Wildman–Crippen MR) is 149 cm³/mol. The van der Waals surface area contributed by atoms with Crippen LogP contribution in [0.15, 0.2) is 47.7 Å². The summed E-state index contributed by atoms with van der Waals surface area (Å²) in [5, 5.41) is 17.0. The van der Waals surface area contributed by atoms with Crippen LogP contribution in [0.3, 0.4) is 0 Å². The van der Waals surface area contributed by atoms with E-state index in [2.05, 4.69) is 32.0 Å². The molecule has 3 aromatic rings. The number of piperazine rings is 1. The Morgan fingerprint density at radius 1 is 1.19 bits per heavy atom. The second kappa shape index (κ2) is 11.3. The number of anilines is 1. The first kappa shape index (κ1) is 25.2. The lowest BCUT2D eigenvalue weighted by atomic mass is 9.98. The molecule has 5 rings (SSSR count). The van der Waals surface area contributed by atoms with Gasteiger partial charge in [-0.05, 0) is 45.8 Å². The Bertz CT molecular complexity index is 1290. The van der Waals surface area contributed by atoms with E-state index in [0.717, 1.165) is 80.5 Å². The van der Waals surface area contributed by atoms with Gasteiger partial charge in [0, 0.05) is 69.8 Å². The molecule has 2 aliphatic rings. The lowest BCUT2D eigenvalue weighted by Gasteiger charge is -2.32. The smallest absolute Gasteiger partial charge is 0.175 e. The van der Waals surface area contributed by atoms with E-state index in [1.54, 1.807) is 0 Å². The van der Waals surface area contributed by atoms with Crippen LogP contribution in [0, 0.1) is 5.41 Å². The highest BCUT2D eigenvalue weighted by molar-refractivity contribution is 6.54. The van der Waals surface area contributed by atoms with Crippen molar-refractivity contribution >= 4 is 34.2 Å². The van der Waals surface area contributed by atoms with Crippen LogP contribution in [0.1, 0.15) is 17.7 Å². The third kappa shape index (κ3) is 5.76. The van der Waals surface area contributed by atoms with Crippen molar-refractivity contribution in [2.24, 2.45) is 4.99 Å². The normalized spacial score (nSPS) is 18.0. The van der Waals surface area contributed by atoms with E-state index >= 15 is 0 Å². The minimum atomic E-state index is 0.371. The monoisotopic (exact) mass is 503 g/mol. The Morgan fingerprint density at radius 3 is 2.84 bits per heavy atom. The predicted octanol–water partition coefficient (Wildman–Crippen LogP) is 2.79. The zero-order chi connectivity index (χ0) is 25.8. The number of nitrogens with zero attached hydrogens (tertiary/aromatic N) is 6. The molecule has 4 heterocycles. The maximum Gasteiger partial charge on any atom is 0.175 e. The van der Waals surface area contributed by atoms with Gasteiger partial charge >= 0.3 is 0 Å². The summed E-state index contributed by atoms with van der Waals surface area (Å²) >= 11 is 0. The number of aromatic amines is 1. The Kier molecular flexibility index (Phi) is 7.68. The van der Waals surface area contributed by atoms with Gasteiger partial charge in [0.25, 0.3) is 0 Å². The van der Waals surface area contributed by atoms with Gasteiger partial charge in [-0.3, -0.25) is 5.41 Å².